The Hall–Kier alpha value is -2.32. The smallest absolute Gasteiger partial charge is 0.264 e. The highest BCUT2D eigenvalue weighted by Crippen LogP contribution is 2.69. The van der Waals surface area contributed by atoms with Crippen LogP contribution in [0.2, 0.25) is 0 Å². The van der Waals surface area contributed by atoms with E-state index in [0.717, 1.165) is 83.6 Å². The van der Waals surface area contributed by atoms with Crippen molar-refractivity contribution in [1.29, 1.82) is 0 Å². The number of hydrogen-bond acceptors (Lipinski definition) is 10. The van der Waals surface area contributed by atoms with Crippen molar-refractivity contribution < 1.29 is 26.8 Å². The third-order valence-electron chi connectivity index (χ3n) is 13.7. The van der Waals surface area contributed by atoms with Crippen molar-refractivity contribution in [2.75, 3.05) is 65.4 Å². The molecule has 1 N–H and O–H groups in total. The molecule has 0 amide bonds. The van der Waals surface area contributed by atoms with Crippen molar-refractivity contribution in [3.8, 4) is 0 Å². The fourth-order valence-electron chi connectivity index (χ4n) is 11.2. The lowest BCUT2D eigenvalue weighted by molar-refractivity contribution is -0.227. The van der Waals surface area contributed by atoms with E-state index in [-0.39, 0.29) is 35.7 Å². The number of rotatable bonds is 25. The summed E-state index contributed by atoms with van der Waals surface area (Å²) >= 11 is 0. The average Bonchev–Trinajstić information content (AvgIpc) is 3.50. The molecule has 16 nitrogen and oxygen atoms in total. The van der Waals surface area contributed by atoms with E-state index in [9.17, 15) is 8.42 Å². The molecule has 4 aliphatic carbocycles. The zero-order valence-corrected chi connectivity index (χ0v) is 34.0. The zero-order valence-electron chi connectivity index (χ0n) is 33.1. The first-order valence-corrected chi connectivity index (χ1v) is 22.2. The minimum atomic E-state index is -3.41. The Labute approximate surface area is 322 Å². The summed E-state index contributed by atoms with van der Waals surface area (Å²) in [6, 6.07) is 0. The highest BCUT2D eigenvalue weighted by Gasteiger charge is 2.66. The Morgan fingerprint density at radius 2 is 1.41 bits per heavy atom. The molecule has 54 heavy (non-hydrogen) atoms. The summed E-state index contributed by atoms with van der Waals surface area (Å²) in [6.07, 6.45) is 13.8. The molecule has 0 spiro atoms. The molecule has 4 unspecified atom stereocenters. The van der Waals surface area contributed by atoms with E-state index in [2.05, 4.69) is 56.2 Å². The first-order valence-electron chi connectivity index (χ1n) is 20.4. The molecule has 0 bridgehead atoms. The Bertz CT molecular complexity index is 1420. The van der Waals surface area contributed by atoms with Crippen molar-refractivity contribution in [2.45, 2.75) is 123 Å². The quantitative estimate of drug-likeness (QED) is 0.0312. The first kappa shape index (κ1) is 44.4. The van der Waals surface area contributed by atoms with E-state index < -0.39 is 10.1 Å². The summed E-state index contributed by atoms with van der Waals surface area (Å²) in [4.78, 5) is 8.76. The van der Waals surface area contributed by atoms with Crippen LogP contribution in [0.5, 0.6) is 0 Å². The van der Waals surface area contributed by atoms with Gasteiger partial charge in [0, 0.05) is 59.6 Å². The van der Waals surface area contributed by atoms with Crippen LogP contribution in [-0.4, -0.2) is 92.1 Å². The van der Waals surface area contributed by atoms with Crippen molar-refractivity contribution in [3.05, 3.63) is 31.3 Å². The van der Waals surface area contributed by atoms with Crippen molar-refractivity contribution >= 4 is 10.1 Å². The van der Waals surface area contributed by atoms with Gasteiger partial charge >= 0.3 is 0 Å². The maximum Gasteiger partial charge on any atom is 0.264 e. The van der Waals surface area contributed by atoms with Crippen LogP contribution in [-0.2, 0) is 28.5 Å². The molecule has 4 saturated carbocycles. The maximum atomic E-state index is 11.2. The van der Waals surface area contributed by atoms with Crippen LogP contribution in [0.15, 0.2) is 15.3 Å². The van der Waals surface area contributed by atoms with Crippen LogP contribution in [0.25, 0.3) is 31.3 Å². The topological polar surface area (TPSA) is 229 Å². The third-order valence-corrected chi connectivity index (χ3v) is 14.2. The third kappa shape index (κ3) is 11.8. The maximum absolute atomic E-state index is 11.2. The van der Waals surface area contributed by atoms with Crippen LogP contribution >= 0.6 is 0 Å². The van der Waals surface area contributed by atoms with Gasteiger partial charge in [-0.1, -0.05) is 36.1 Å². The molecule has 17 heteroatoms. The molecule has 0 aromatic heterocycles. The number of azide groups is 3. The molecule has 306 valence electrons. The van der Waals surface area contributed by atoms with Gasteiger partial charge in [0.15, 0.2) is 0 Å². The fourth-order valence-corrected chi connectivity index (χ4v) is 11.6. The molecule has 0 radical (unpaired) electrons. The predicted molar refractivity (Wildman–Crippen MR) is 208 cm³/mol. The molecular formula is C37H66N10O6S. The van der Waals surface area contributed by atoms with E-state index >= 15 is 0 Å². The molecule has 11 atom stereocenters. The summed E-state index contributed by atoms with van der Waals surface area (Å²) in [5.41, 5.74) is 26.5. The van der Waals surface area contributed by atoms with E-state index in [4.69, 9.17) is 35.0 Å². The van der Waals surface area contributed by atoms with E-state index in [0.29, 0.717) is 94.2 Å². The van der Waals surface area contributed by atoms with Crippen LogP contribution in [0.1, 0.15) is 104 Å². The monoisotopic (exact) mass is 778 g/mol. The first-order chi connectivity index (χ1) is 26.0. The normalized spacial score (nSPS) is 33.6. The van der Waals surface area contributed by atoms with Crippen molar-refractivity contribution in [1.82, 2.24) is 5.32 Å². The fraction of sp³-hybridized carbons (Fsp3) is 1.00. The molecule has 0 saturated heterocycles. The van der Waals surface area contributed by atoms with E-state index in [1.54, 1.807) is 0 Å². The zero-order chi connectivity index (χ0) is 39.0. The minimum Gasteiger partial charge on any atom is -0.378 e. The van der Waals surface area contributed by atoms with Gasteiger partial charge in [0.2, 0.25) is 0 Å². The SMILES string of the molecule is C[C@H](CCCNCCCOS(C)(=O)=O)C1CC[C@H]2C3C(OCCCN=[N+]=[N-])CC4C[C@H](OCCCN=[N+]=[N-])CC[C@]4(C)[C@H]3C[C@H](OCCCN=[N+]=[N-])[C@]12C. The summed E-state index contributed by atoms with van der Waals surface area (Å²) in [5.74, 6) is 2.76. The second-order valence-corrected chi connectivity index (χ2v) is 18.4. The van der Waals surface area contributed by atoms with E-state index in [1.807, 2.05) is 0 Å². The summed E-state index contributed by atoms with van der Waals surface area (Å²) in [5, 5.41) is 14.7. The molecule has 4 fully saturated rings. The Morgan fingerprint density at radius 1 is 0.778 bits per heavy atom. The van der Waals surface area contributed by atoms with Gasteiger partial charge < -0.3 is 19.5 Å². The summed E-state index contributed by atoms with van der Waals surface area (Å²) < 4.78 is 47.6. The lowest BCUT2D eigenvalue weighted by Crippen LogP contribution is -2.63. The Balaban J connectivity index is 1.51. The van der Waals surface area contributed by atoms with Crippen molar-refractivity contribution in [3.63, 3.8) is 0 Å². The number of nitrogens with zero attached hydrogens (tertiary/aromatic N) is 9. The summed E-state index contributed by atoms with van der Waals surface area (Å²) in [7, 11) is -3.41. The van der Waals surface area contributed by atoms with Gasteiger partial charge in [-0.15, -0.1) is 0 Å². The standard InChI is InChI=1S/C37H66N10O6S/c1-27(10-5-15-41-16-6-23-53-54(4,48)49)30-11-12-31-35-32(26-34(37(30,31)3)52-22-9-19-44-47-40)36(2)14-13-29(50-20-7-17-42-45-38)24-28(36)25-33(35)51-21-8-18-43-46-39/h27-35,41H,5-26H2,1-4H3/t27-,28?,29-,30?,31+,32+,33?,34+,35?,36+,37-/m1/s1. The minimum absolute atomic E-state index is 0.0301. The molecule has 0 aromatic carbocycles. The number of hydrogen-bond donors (Lipinski definition) is 1. The molecule has 4 rings (SSSR count). The Morgan fingerprint density at radius 3 is 2.06 bits per heavy atom. The van der Waals surface area contributed by atoms with Gasteiger partial charge in [-0.25, -0.2) is 0 Å². The van der Waals surface area contributed by atoms with Gasteiger partial charge in [0.1, 0.15) is 0 Å². The van der Waals surface area contributed by atoms with Crippen LogP contribution in [0.3, 0.4) is 0 Å². The second-order valence-electron chi connectivity index (χ2n) is 16.7. The Kier molecular flexibility index (Phi) is 18.0. The lowest BCUT2D eigenvalue weighted by Gasteiger charge is -2.65. The van der Waals surface area contributed by atoms with Crippen molar-refractivity contribution in [2.24, 2.45) is 61.7 Å². The van der Waals surface area contributed by atoms with Crippen LogP contribution in [0.4, 0.5) is 0 Å². The van der Waals surface area contributed by atoms with E-state index in [1.165, 1.54) is 0 Å². The van der Waals surface area contributed by atoms with Gasteiger partial charge in [0.25, 0.3) is 10.1 Å². The number of fused-ring (bicyclic) bond motifs is 5. The van der Waals surface area contributed by atoms with Gasteiger partial charge in [-0.2, -0.15) is 8.42 Å². The second kappa shape index (κ2) is 21.8. The highest BCUT2D eigenvalue weighted by molar-refractivity contribution is 7.85. The lowest BCUT2D eigenvalue weighted by atomic mass is 9.43. The van der Waals surface area contributed by atoms with Gasteiger partial charge in [-0.3, -0.25) is 4.18 Å². The van der Waals surface area contributed by atoms with Crippen LogP contribution in [0, 0.1) is 46.3 Å². The number of nitrogens with one attached hydrogen (secondary N) is 1. The molecule has 0 heterocycles. The predicted octanol–water partition coefficient (Wildman–Crippen LogP) is 8.49. The summed E-state index contributed by atoms with van der Waals surface area (Å²) in [6.45, 7) is 12.3. The molecule has 4 aliphatic rings. The number of ether oxygens (including phenoxy) is 3. The van der Waals surface area contributed by atoms with Gasteiger partial charge in [-0.05, 0) is 154 Å². The largest absolute Gasteiger partial charge is 0.378 e. The molecule has 0 aromatic rings. The highest BCUT2D eigenvalue weighted by atomic mass is 32.2. The average molecular weight is 779 g/mol. The molecule has 0 aliphatic heterocycles. The van der Waals surface area contributed by atoms with Crippen LogP contribution < -0.4 is 5.32 Å². The molecular weight excluding hydrogens is 713 g/mol. The van der Waals surface area contributed by atoms with Gasteiger partial charge in [0.05, 0.1) is 31.2 Å².